The second-order valence-corrected chi connectivity index (χ2v) is 7.57. The number of carboxylic acid groups (broad SMARTS) is 1. The molecule has 1 heterocycles. The lowest BCUT2D eigenvalue weighted by molar-refractivity contribution is -0.144. The Hall–Kier alpha value is -3.72. The second kappa shape index (κ2) is 9.19. The van der Waals surface area contributed by atoms with Gasteiger partial charge in [-0.2, -0.15) is 0 Å². The highest BCUT2D eigenvalue weighted by Gasteiger charge is 2.35. The Bertz CT molecular complexity index is 1160. The summed E-state index contributed by atoms with van der Waals surface area (Å²) in [6.45, 7) is 5.20. The Morgan fingerprint density at radius 3 is 2.56 bits per heavy atom. The Labute approximate surface area is 190 Å². The zero-order valence-corrected chi connectivity index (χ0v) is 18.8. The average Bonchev–Trinajstić information content (AvgIpc) is 2.74. The Balaban J connectivity index is 1.99. The molecule has 0 bridgehead atoms. The van der Waals surface area contributed by atoms with Crippen molar-refractivity contribution in [2.45, 2.75) is 26.9 Å². The number of carboxylic acids is 1. The second-order valence-electron chi connectivity index (χ2n) is 7.19. The molecule has 0 radical (unpaired) electrons. The van der Waals surface area contributed by atoms with Gasteiger partial charge in [0.25, 0.3) is 11.8 Å². The van der Waals surface area contributed by atoms with Gasteiger partial charge in [0.05, 0.1) is 12.8 Å². The van der Waals surface area contributed by atoms with Crippen molar-refractivity contribution in [2.75, 3.05) is 12.0 Å². The lowest BCUT2D eigenvalue weighted by atomic mass is 10.0. The predicted octanol–water partition coefficient (Wildman–Crippen LogP) is 3.00. The van der Waals surface area contributed by atoms with Crippen LogP contribution >= 0.6 is 12.2 Å². The van der Waals surface area contributed by atoms with Crippen LogP contribution in [0.5, 0.6) is 11.5 Å². The molecular formula is C23H22N2O6S. The summed E-state index contributed by atoms with van der Waals surface area (Å²) in [5, 5.41) is 11.6. The van der Waals surface area contributed by atoms with E-state index < -0.39 is 23.9 Å². The number of benzene rings is 2. The third kappa shape index (κ3) is 4.47. The van der Waals surface area contributed by atoms with Crippen molar-refractivity contribution in [3.05, 3.63) is 58.7 Å². The minimum atomic E-state index is -1.12. The highest BCUT2D eigenvalue weighted by Crippen LogP contribution is 2.31. The highest BCUT2D eigenvalue weighted by molar-refractivity contribution is 7.80. The first kappa shape index (κ1) is 23.0. The number of nitrogens with one attached hydrogen (secondary N) is 1. The number of ether oxygens (including phenoxy) is 2. The number of nitrogens with zero attached hydrogens (tertiary/aromatic N) is 1. The number of aryl methyl sites for hydroxylation is 1. The van der Waals surface area contributed by atoms with Crippen LogP contribution in [-0.4, -0.2) is 41.2 Å². The van der Waals surface area contributed by atoms with Gasteiger partial charge in [0, 0.05) is 0 Å². The first-order valence-corrected chi connectivity index (χ1v) is 10.1. The maximum Gasteiger partial charge on any atom is 0.344 e. The van der Waals surface area contributed by atoms with Gasteiger partial charge in [-0.3, -0.25) is 19.8 Å². The number of anilines is 1. The van der Waals surface area contributed by atoms with Crippen molar-refractivity contribution in [3.63, 3.8) is 0 Å². The minimum absolute atomic E-state index is 0.00911. The summed E-state index contributed by atoms with van der Waals surface area (Å²) in [6, 6.07) is 10.2. The van der Waals surface area contributed by atoms with Gasteiger partial charge >= 0.3 is 5.97 Å². The summed E-state index contributed by atoms with van der Waals surface area (Å²) in [7, 11) is 1.41. The first-order chi connectivity index (χ1) is 15.1. The number of amides is 2. The van der Waals surface area contributed by atoms with E-state index >= 15 is 0 Å². The predicted molar refractivity (Wildman–Crippen MR) is 123 cm³/mol. The number of aliphatic carboxylic acids is 1. The van der Waals surface area contributed by atoms with Crippen LogP contribution in [0.2, 0.25) is 0 Å². The van der Waals surface area contributed by atoms with Gasteiger partial charge in [0.2, 0.25) is 0 Å². The fourth-order valence-electron chi connectivity index (χ4n) is 3.13. The zero-order chi connectivity index (χ0) is 23.6. The highest BCUT2D eigenvalue weighted by atomic mass is 32.1. The van der Waals surface area contributed by atoms with E-state index in [4.69, 9.17) is 26.8 Å². The Morgan fingerprint density at radius 1 is 1.19 bits per heavy atom. The fraction of sp³-hybridized carbons (Fsp3) is 0.217. The van der Waals surface area contributed by atoms with Crippen molar-refractivity contribution in [2.24, 2.45) is 0 Å². The molecule has 2 aromatic carbocycles. The maximum atomic E-state index is 13.2. The third-order valence-electron chi connectivity index (χ3n) is 5.07. The maximum absolute atomic E-state index is 13.2. The number of methoxy groups -OCH3 is 1. The molecule has 2 N–H and O–H groups in total. The molecule has 2 aromatic rings. The van der Waals surface area contributed by atoms with Crippen LogP contribution in [0.3, 0.4) is 0 Å². The molecule has 9 heteroatoms. The van der Waals surface area contributed by atoms with E-state index in [2.05, 4.69) is 5.32 Å². The quantitative estimate of drug-likeness (QED) is 0.393. The van der Waals surface area contributed by atoms with Crippen LogP contribution in [0.4, 0.5) is 5.69 Å². The number of hydrogen-bond donors (Lipinski definition) is 2. The van der Waals surface area contributed by atoms with Crippen LogP contribution in [0.1, 0.15) is 23.6 Å². The molecule has 3 rings (SSSR count). The van der Waals surface area contributed by atoms with Crippen LogP contribution in [-0.2, 0) is 14.4 Å². The van der Waals surface area contributed by atoms with Crippen LogP contribution in [0.25, 0.3) is 6.08 Å². The summed E-state index contributed by atoms with van der Waals surface area (Å²) >= 11 is 5.26. The molecule has 32 heavy (non-hydrogen) atoms. The molecule has 166 valence electrons. The summed E-state index contributed by atoms with van der Waals surface area (Å²) in [5.41, 5.74) is 2.83. The molecule has 0 aromatic heterocycles. The van der Waals surface area contributed by atoms with Gasteiger partial charge in [-0.25, -0.2) is 4.79 Å². The van der Waals surface area contributed by atoms with Gasteiger partial charge < -0.3 is 14.6 Å². The van der Waals surface area contributed by atoms with Gasteiger partial charge in [0.1, 0.15) is 5.57 Å². The number of carbonyl (C=O) groups excluding carboxylic acids is 2. The van der Waals surface area contributed by atoms with Crippen molar-refractivity contribution >= 4 is 46.9 Å². The molecule has 2 amide bonds. The molecule has 0 spiro atoms. The van der Waals surface area contributed by atoms with Crippen molar-refractivity contribution < 1.29 is 29.0 Å². The van der Waals surface area contributed by atoms with Gasteiger partial charge in [-0.1, -0.05) is 18.2 Å². The van der Waals surface area contributed by atoms with Crippen LogP contribution < -0.4 is 19.7 Å². The van der Waals surface area contributed by atoms with E-state index in [1.807, 2.05) is 26.0 Å². The number of thiocarbonyl (C=S) groups is 1. The molecule has 1 aliphatic rings. The molecule has 1 fully saturated rings. The SMILES string of the molecule is COc1cc(/C=C2/C(=O)NC(=S)N(c3cccc(C)c3C)C2=O)ccc1OC(C)C(=O)O. The van der Waals surface area contributed by atoms with Gasteiger partial charge in [-0.15, -0.1) is 0 Å². The molecule has 1 aliphatic heterocycles. The van der Waals surface area contributed by atoms with Crippen LogP contribution in [0.15, 0.2) is 42.0 Å². The molecule has 0 aliphatic carbocycles. The minimum Gasteiger partial charge on any atom is -0.493 e. The molecule has 0 saturated carbocycles. The first-order valence-electron chi connectivity index (χ1n) is 9.69. The molecular weight excluding hydrogens is 432 g/mol. The molecule has 8 nitrogen and oxygen atoms in total. The number of hydrogen-bond acceptors (Lipinski definition) is 6. The smallest absolute Gasteiger partial charge is 0.344 e. The Morgan fingerprint density at radius 2 is 1.91 bits per heavy atom. The van der Waals surface area contributed by atoms with Crippen molar-refractivity contribution in [3.8, 4) is 11.5 Å². The van der Waals surface area contributed by atoms with Gasteiger partial charge in [-0.05, 0) is 74.0 Å². The Kier molecular flexibility index (Phi) is 6.59. The molecule has 1 saturated heterocycles. The number of carbonyl (C=O) groups is 3. The third-order valence-corrected chi connectivity index (χ3v) is 5.35. The van der Waals surface area contributed by atoms with Crippen molar-refractivity contribution in [1.82, 2.24) is 5.32 Å². The summed E-state index contributed by atoms with van der Waals surface area (Å²) < 4.78 is 10.7. The van der Waals surface area contributed by atoms with Crippen LogP contribution in [0, 0.1) is 13.8 Å². The topological polar surface area (TPSA) is 105 Å². The molecule has 1 unspecified atom stereocenters. The van der Waals surface area contributed by atoms with E-state index in [9.17, 15) is 14.4 Å². The standard InChI is InChI=1S/C23H22N2O6S/c1-12-6-5-7-17(13(12)2)25-21(27)16(20(26)24-23(25)32)10-15-8-9-18(19(11-15)30-4)31-14(3)22(28)29/h5-11,14H,1-4H3,(H,28,29)(H,24,26,32)/b16-10-. The molecule has 1 atom stereocenters. The van der Waals surface area contributed by atoms with E-state index in [1.54, 1.807) is 18.2 Å². The van der Waals surface area contributed by atoms with E-state index in [1.165, 1.54) is 31.1 Å². The lowest BCUT2D eigenvalue weighted by Gasteiger charge is -2.30. The van der Waals surface area contributed by atoms with Crippen molar-refractivity contribution in [1.29, 1.82) is 0 Å². The summed E-state index contributed by atoms with van der Waals surface area (Å²) in [6.07, 6.45) is 0.343. The monoisotopic (exact) mass is 454 g/mol. The lowest BCUT2D eigenvalue weighted by Crippen LogP contribution is -2.54. The van der Waals surface area contributed by atoms with E-state index in [-0.39, 0.29) is 22.2 Å². The summed E-state index contributed by atoms with van der Waals surface area (Å²) in [5.74, 6) is -1.79. The summed E-state index contributed by atoms with van der Waals surface area (Å²) in [4.78, 5) is 38.2. The fourth-order valence-corrected chi connectivity index (χ4v) is 3.41. The van der Waals surface area contributed by atoms with E-state index in [0.717, 1.165) is 11.1 Å². The average molecular weight is 455 g/mol. The zero-order valence-electron chi connectivity index (χ0n) is 18.0. The number of rotatable bonds is 6. The van der Waals surface area contributed by atoms with Gasteiger partial charge in [0.15, 0.2) is 22.7 Å². The normalized spacial score (nSPS) is 16.1. The van der Waals surface area contributed by atoms with E-state index in [0.29, 0.717) is 11.3 Å². The largest absolute Gasteiger partial charge is 0.493 e.